The fraction of sp³-hybridized carbons (Fsp3) is 0.778. The summed E-state index contributed by atoms with van der Waals surface area (Å²) in [6.07, 6.45) is 11.6. The van der Waals surface area contributed by atoms with Crippen LogP contribution in [0.4, 0.5) is 5.95 Å². The van der Waals surface area contributed by atoms with Gasteiger partial charge >= 0.3 is 0 Å². The van der Waals surface area contributed by atoms with Crippen LogP contribution in [-0.4, -0.2) is 31.2 Å². The van der Waals surface area contributed by atoms with Crippen molar-refractivity contribution in [2.24, 2.45) is 0 Å². The Labute approximate surface area is 136 Å². The molecule has 0 aliphatic rings. The summed E-state index contributed by atoms with van der Waals surface area (Å²) in [5, 5.41) is 0. The molecule has 0 amide bonds. The number of hydrogen-bond donors (Lipinski definition) is 0. The average molecular weight is 307 g/mol. The first-order valence-corrected chi connectivity index (χ1v) is 8.69. The Morgan fingerprint density at radius 1 is 0.909 bits per heavy atom. The SMILES string of the molecule is CCCCCCCCCCc1nc(N(C)C)nc(C)c1OC. The van der Waals surface area contributed by atoms with E-state index in [1.807, 2.05) is 25.9 Å². The van der Waals surface area contributed by atoms with Crippen LogP contribution in [-0.2, 0) is 6.42 Å². The molecule has 0 aromatic carbocycles. The molecular formula is C18H33N3O. The van der Waals surface area contributed by atoms with Crippen LogP contribution in [0, 0.1) is 6.92 Å². The van der Waals surface area contributed by atoms with Gasteiger partial charge in [-0.25, -0.2) is 9.97 Å². The Bertz CT molecular complexity index is 433. The molecule has 1 rings (SSSR count). The van der Waals surface area contributed by atoms with Crippen LogP contribution < -0.4 is 9.64 Å². The van der Waals surface area contributed by atoms with Gasteiger partial charge in [-0.15, -0.1) is 0 Å². The molecule has 0 saturated carbocycles. The number of aryl methyl sites for hydroxylation is 2. The summed E-state index contributed by atoms with van der Waals surface area (Å²) in [5.41, 5.74) is 1.97. The maximum Gasteiger partial charge on any atom is 0.225 e. The lowest BCUT2D eigenvalue weighted by Gasteiger charge is -2.16. The highest BCUT2D eigenvalue weighted by Gasteiger charge is 2.12. The monoisotopic (exact) mass is 307 g/mol. The number of ether oxygens (including phenoxy) is 1. The van der Waals surface area contributed by atoms with Crippen LogP contribution in [0.25, 0.3) is 0 Å². The highest BCUT2D eigenvalue weighted by atomic mass is 16.5. The van der Waals surface area contributed by atoms with Gasteiger partial charge in [-0.05, 0) is 19.8 Å². The molecule has 4 heteroatoms. The van der Waals surface area contributed by atoms with E-state index < -0.39 is 0 Å². The average Bonchev–Trinajstić information content (AvgIpc) is 2.49. The molecule has 0 atom stereocenters. The molecule has 1 aromatic heterocycles. The van der Waals surface area contributed by atoms with Crippen molar-refractivity contribution < 1.29 is 4.74 Å². The third-order valence-electron chi connectivity index (χ3n) is 3.96. The Morgan fingerprint density at radius 3 is 2.05 bits per heavy atom. The smallest absolute Gasteiger partial charge is 0.225 e. The van der Waals surface area contributed by atoms with Crippen LogP contribution in [0.15, 0.2) is 0 Å². The number of nitrogens with zero attached hydrogens (tertiary/aromatic N) is 3. The molecule has 1 aromatic rings. The Hall–Kier alpha value is -1.32. The fourth-order valence-corrected chi connectivity index (χ4v) is 2.67. The van der Waals surface area contributed by atoms with Crippen molar-refractivity contribution in [3.8, 4) is 5.75 Å². The molecule has 4 nitrogen and oxygen atoms in total. The summed E-state index contributed by atoms with van der Waals surface area (Å²) in [6.45, 7) is 4.25. The van der Waals surface area contributed by atoms with E-state index in [-0.39, 0.29) is 0 Å². The molecule has 0 radical (unpaired) electrons. The first kappa shape index (κ1) is 18.7. The van der Waals surface area contributed by atoms with Crippen molar-refractivity contribution in [2.45, 2.75) is 71.6 Å². The van der Waals surface area contributed by atoms with Crippen molar-refractivity contribution in [2.75, 3.05) is 26.1 Å². The number of anilines is 1. The van der Waals surface area contributed by atoms with Gasteiger partial charge in [-0.2, -0.15) is 0 Å². The van der Waals surface area contributed by atoms with Crippen LogP contribution in [0.1, 0.15) is 69.7 Å². The fourth-order valence-electron chi connectivity index (χ4n) is 2.67. The zero-order chi connectivity index (χ0) is 16.4. The van der Waals surface area contributed by atoms with Crippen molar-refractivity contribution >= 4 is 5.95 Å². The predicted molar refractivity (Wildman–Crippen MR) is 94.0 cm³/mol. The number of rotatable bonds is 11. The van der Waals surface area contributed by atoms with Crippen LogP contribution in [0.3, 0.4) is 0 Å². The van der Waals surface area contributed by atoms with Gasteiger partial charge in [-0.1, -0.05) is 51.9 Å². The van der Waals surface area contributed by atoms with E-state index in [1.165, 1.54) is 51.4 Å². The van der Waals surface area contributed by atoms with Gasteiger partial charge in [0, 0.05) is 14.1 Å². The van der Waals surface area contributed by atoms with Gasteiger partial charge < -0.3 is 9.64 Å². The van der Waals surface area contributed by atoms with E-state index in [0.29, 0.717) is 0 Å². The van der Waals surface area contributed by atoms with E-state index in [2.05, 4.69) is 16.9 Å². The second-order valence-electron chi connectivity index (χ2n) is 6.21. The molecule has 0 bridgehead atoms. The van der Waals surface area contributed by atoms with Crippen LogP contribution in [0.5, 0.6) is 5.75 Å². The minimum absolute atomic E-state index is 0.771. The van der Waals surface area contributed by atoms with Crippen molar-refractivity contribution in [1.29, 1.82) is 0 Å². The first-order chi connectivity index (χ1) is 10.6. The van der Waals surface area contributed by atoms with Crippen LogP contribution in [0.2, 0.25) is 0 Å². The van der Waals surface area contributed by atoms with Crippen molar-refractivity contribution in [3.63, 3.8) is 0 Å². The molecule has 0 fully saturated rings. The molecule has 0 spiro atoms. The predicted octanol–water partition coefficient (Wildman–Crippen LogP) is 4.54. The largest absolute Gasteiger partial charge is 0.493 e. The second kappa shape index (κ2) is 10.4. The second-order valence-corrected chi connectivity index (χ2v) is 6.21. The van der Waals surface area contributed by atoms with Gasteiger partial charge in [0.1, 0.15) is 0 Å². The molecule has 22 heavy (non-hydrogen) atoms. The van der Waals surface area contributed by atoms with Gasteiger partial charge in [-0.3, -0.25) is 0 Å². The van der Waals surface area contributed by atoms with E-state index in [4.69, 9.17) is 4.74 Å². The summed E-state index contributed by atoms with van der Waals surface area (Å²) in [7, 11) is 5.65. The molecule has 0 saturated heterocycles. The quantitative estimate of drug-likeness (QED) is 0.562. The first-order valence-electron chi connectivity index (χ1n) is 8.69. The zero-order valence-electron chi connectivity index (χ0n) is 15.1. The molecule has 0 aliphatic heterocycles. The molecule has 1 heterocycles. The molecular weight excluding hydrogens is 274 g/mol. The third-order valence-corrected chi connectivity index (χ3v) is 3.96. The maximum absolute atomic E-state index is 5.49. The number of aromatic nitrogens is 2. The van der Waals surface area contributed by atoms with E-state index in [0.717, 1.165) is 29.5 Å². The van der Waals surface area contributed by atoms with E-state index >= 15 is 0 Å². The van der Waals surface area contributed by atoms with Gasteiger partial charge in [0.2, 0.25) is 5.95 Å². The molecule has 0 unspecified atom stereocenters. The highest BCUT2D eigenvalue weighted by Crippen LogP contribution is 2.24. The van der Waals surface area contributed by atoms with E-state index in [9.17, 15) is 0 Å². The minimum Gasteiger partial charge on any atom is -0.493 e. The number of methoxy groups -OCH3 is 1. The summed E-state index contributed by atoms with van der Waals surface area (Å²) < 4.78 is 5.49. The molecule has 0 N–H and O–H groups in total. The number of unbranched alkanes of at least 4 members (excludes halogenated alkanes) is 7. The van der Waals surface area contributed by atoms with Gasteiger partial charge in [0.25, 0.3) is 0 Å². The zero-order valence-corrected chi connectivity index (χ0v) is 15.1. The Balaban J connectivity index is 2.44. The lowest BCUT2D eigenvalue weighted by atomic mass is 10.1. The normalized spacial score (nSPS) is 10.8. The molecule has 126 valence electrons. The topological polar surface area (TPSA) is 38.2 Å². The summed E-state index contributed by atoms with van der Waals surface area (Å²) in [6, 6.07) is 0. The standard InChI is InChI=1S/C18H33N3O/c1-6-7-8-9-10-11-12-13-14-16-17(22-5)15(2)19-18(20-16)21(3)4/h6-14H2,1-5H3. The van der Waals surface area contributed by atoms with Crippen LogP contribution >= 0.6 is 0 Å². The summed E-state index contributed by atoms with van der Waals surface area (Å²) in [5.74, 6) is 1.63. The van der Waals surface area contributed by atoms with E-state index in [1.54, 1.807) is 7.11 Å². The lowest BCUT2D eigenvalue weighted by molar-refractivity contribution is 0.399. The van der Waals surface area contributed by atoms with Crippen molar-refractivity contribution in [1.82, 2.24) is 9.97 Å². The van der Waals surface area contributed by atoms with Gasteiger partial charge in [0.05, 0.1) is 18.5 Å². The minimum atomic E-state index is 0.771. The third kappa shape index (κ3) is 6.20. The maximum atomic E-state index is 5.49. The van der Waals surface area contributed by atoms with Crippen molar-refractivity contribution in [3.05, 3.63) is 11.4 Å². The Morgan fingerprint density at radius 2 is 1.50 bits per heavy atom. The lowest BCUT2D eigenvalue weighted by Crippen LogP contribution is -2.15. The number of hydrogen-bond acceptors (Lipinski definition) is 4. The molecule has 0 aliphatic carbocycles. The summed E-state index contributed by atoms with van der Waals surface area (Å²) >= 11 is 0. The Kier molecular flexibility index (Phi) is 8.86. The van der Waals surface area contributed by atoms with Gasteiger partial charge in [0.15, 0.2) is 5.75 Å². The summed E-state index contributed by atoms with van der Waals surface area (Å²) in [4.78, 5) is 11.1. The highest BCUT2D eigenvalue weighted by molar-refractivity contribution is 5.39.